The lowest BCUT2D eigenvalue weighted by Gasteiger charge is -2.17. The Kier molecular flexibility index (Phi) is 5.13. The van der Waals surface area contributed by atoms with Crippen LogP contribution < -0.4 is 15.8 Å². The van der Waals surface area contributed by atoms with Gasteiger partial charge < -0.3 is 21.0 Å². The lowest BCUT2D eigenvalue weighted by Crippen LogP contribution is -2.26. The summed E-state index contributed by atoms with van der Waals surface area (Å²) in [5.74, 6) is 1.03. The van der Waals surface area contributed by atoms with E-state index in [1.54, 1.807) is 7.11 Å². The molecule has 94 valence electrons. The molecule has 1 unspecified atom stereocenters. The zero-order valence-corrected chi connectivity index (χ0v) is 10.2. The molecule has 0 spiro atoms. The fraction of sp³-hybridized carbons (Fsp3) is 0.417. The summed E-state index contributed by atoms with van der Waals surface area (Å²) in [5, 5.41) is 14.8. The highest BCUT2D eigenvalue weighted by Gasteiger charge is 2.09. The summed E-state index contributed by atoms with van der Waals surface area (Å²) in [6.45, 7) is 2.04. The third-order valence-corrected chi connectivity index (χ3v) is 2.52. The van der Waals surface area contributed by atoms with E-state index in [0.29, 0.717) is 6.42 Å². The standard InChI is InChI=1S/C12H19N3O2/c1-3-9(8-12(13)15-16)14-10-5-4-6-11(7-10)17-2/h4-7,9,14,16H,3,8H2,1-2H3,(H2,13,15). The molecule has 4 N–H and O–H groups in total. The molecule has 0 aromatic heterocycles. The van der Waals surface area contributed by atoms with Crippen molar-refractivity contribution in [2.24, 2.45) is 10.9 Å². The Hall–Kier alpha value is -1.91. The largest absolute Gasteiger partial charge is 0.497 e. The third kappa shape index (κ3) is 4.22. The molecule has 1 atom stereocenters. The molecular weight excluding hydrogens is 218 g/mol. The number of nitrogens with two attached hydrogens (primary N) is 1. The number of rotatable bonds is 6. The quantitative estimate of drug-likeness (QED) is 0.306. The van der Waals surface area contributed by atoms with Gasteiger partial charge in [-0.3, -0.25) is 0 Å². The number of ether oxygens (including phenoxy) is 1. The minimum atomic E-state index is 0.137. The second-order valence-electron chi connectivity index (χ2n) is 3.78. The second kappa shape index (κ2) is 6.62. The first kappa shape index (κ1) is 13.2. The van der Waals surface area contributed by atoms with Gasteiger partial charge in [-0.15, -0.1) is 0 Å². The van der Waals surface area contributed by atoms with Gasteiger partial charge in [0.25, 0.3) is 0 Å². The van der Waals surface area contributed by atoms with Crippen LogP contribution in [0.4, 0.5) is 5.69 Å². The number of anilines is 1. The number of benzene rings is 1. The van der Waals surface area contributed by atoms with E-state index in [-0.39, 0.29) is 11.9 Å². The molecule has 17 heavy (non-hydrogen) atoms. The highest BCUT2D eigenvalue weighted by atomic mass is 16.5. The van der Waals surface area contributed by atoms with Crippen LogP contribution in [-0.2, 0) is 0 Å². The average Bonchev–Trinajstić information content (AvgIpc) is 2.37. The van der Waals surface area contributed by atoms with Crippen LogP contribution in [-0.4, -0.2) is 24.2 Å². The maximum atomic E-state index is 8.54. The molecule has 1 rings (SSSR count). The fourth-order valence-electron chi connectivity index (χ4n) is 1.54. The number of methoxy groups -OCH3 is 1. The first-order valence-corrected chi connectivity index (χ1v) is 5.56. The first-order chi connectivity index (χ1) is 8.19. The van der Waals surface area contributed by atoms with Gasteiger partial charge in [0.1, 0.15) is 11.6 Å². The first-order valence-electron chi connectivity index (χ1n) is 5.56. The van der Waals surface area contributed by atoms with Crippen LogP contribution >= 0.6 is 0 Å². The van der Waals surface area contributed by atoms with Gasteiger partial charge in [-0.2, -0.15) is 0 Å². The van der Waals surface area contributed by atoms with Gasteiger partial charge in [-0.25, -0.2) is 0 Å². The van der Waals surface area contributed by atoms with Gasteiger partial charge in [-0.1, -0.05) is 18.1 Å². The molecule has 0 fully saturated rings. The van der Waals surface area contributed by atoms with E-state index in [1.807, 2.05) is 31.2 Å². The molecular formula is C12H19N3O2. The number of amidine groups is 1. The molecule has 0 saturated heterocycles. The van der Waals surface area contributed by atoms with E-state index in [9.17, 15) is 0 Å². The van der Waals surface area contributed by atoms with Crippen LogP contribution in [0.3, 0.4) is 0 Å². The zero-order valence-electron chi connectivity index (χ0n) is 10.2. The van der Waals surface area contributed by atoms with Crippen LogP contribution in [0.2, 0.25) is 0 Å². The van der Waals surface area contributed by atoms with Crippen LogP contribution in [0.15, 0.2) is 29.4 Å². The summed E-state index contributed by atoms with van der Waals surface area (Å²) < 4.78 is 5.14. The van der Waals surface area contributed by atoms with Crippen LogP contribution in [0.25, 0.3) is 0 Å². The van der Waals surface area contributed by atoms with E-state index in [1.165, 1.54) is 0 Å². The van der Waals surface area contributed by atoms with Crippen molar-refractivity contribution in [2.75, 3.05) is 12.4 Å². The molecule has 5 heteroatoms. The topological polar surface area (TPSA) is 79.9 Å². The summed E-state index contributed by atoms with van der Waals surface area (Å²) in [4.78, 5) is 0. The molecule has 0 aliphatic heterocycles. The summed E-state index contributed by atoms with van der Waals surface area (Å²) in [6.07, 6.45) is 1.39. The maximum Gasteiger partial charge on any atom is 0.141 e. The molecule has 0 radical (unpaired) electrons. The van der Waals surface area contributed by atoms with E-state index < -0.39 is 0 Å². The monoisotopic (exact) mass is 237 g/mol. The van der Waals surface area contributed by atoms with Crippen molar-refractivity contribution in [2.45, 2.75) is 25.8 Å². The number of nitrogens with one attached hydrogen (secondary N) is 1. The van der Waals surface area contributed by atoms with E-state index in [4.69, 9.17) is 15.7 Å². The Morgan fingerprint density at radius 1 is 1.59 bits per heavy atom. The third-order valence-electron chi connectivity index (χ3n) is 2.52. The predicted octanol–water partition coefficient (Wildman–Crippen LogP) is 2.02. The number of hydrogen-bond acceptors (Lipinski definition) is 4. The lowest BCUT2D eigenvalue weighted by atomic mass is 10.1. The fourth-order valence-corrected chi connectivity index (χ4v) is 1.54. The normalized spacial score (nSPS) is 13.2. The second-order valence-corrected chi connectivity index (χ2v) is 3.78. The minimum Gasteiger partial charge on any atom is -0.497 e. The van der Waals surface area contributed by atoms with Crippen molar-refractivity contribution in [3.05, 3.63) is 24.3 Å². The molecule has 0 aliphatic rings. The van der Waals surface area contributed by atoms with E-state index in [0.717, 1.165) is 17.9 Å². The summed E-state index contributed by atoms with van der Waals surface area (Å²) in [6, 6.07) is 7.80. The Morgan fingerprint density at radius 2 is 2.35 bits per heavy atom. The number of nitrogens with zero attached hydrogens (tertiary/aromatic N) is 1. The molecule has 0 aliphatic carbocycles. The molecule has 1 aromatic carbocycles. The number of oxime groups is 1. The lowest BCUT2D eigenvalue weighted by molar-refractivity contribution is 0.316. The molecule has 5 nitrogen and oxygen atoms in total. The SMILES string of the molecule is CCC(CC(N)=NO)Nc1cccc(OC)c1. The number of hydrogen-bond donors (Lipinski definition) is 3. The molecule has 0 amide bonds. The van der Waals surface area contributed by atoms with Crippen molar-refractivity contribution < 1.29 is 9.94 Å². The van der Waals surface area contributed by atoms with Crippen LogP contribution in [0.5, 0.6) is 5.75 Å². The van der Waals surface area contributed by atoms with E-state index in [2.05, 4.69) is 10.5 Å². The smallest absolute Gasteiger partial charge is 0.141 e. The predicted molar refractivity (Wildman–Crippen MR) is 68.7 cm³/mol. The highest BCUT2D eigenvalue weighted by Crippen LogP contribution is 2.18. The molecule has 0 heterocycles. The van der Waals surface area contributed by atoms with Gasteiger partial charge in [-0.05, 0) is 18.6 Å². The van der Waals surface area contributed by atoms with Gasteiger partial charge in [0, 0.05) is 24.2 Å². The van der Waals surface area contributed by atoms with Gasteiger partial charge >= 0.3 is 0 Å². The van der Waals surface area contributed by atoms with Crippen molar-refractivity contribution in [3.8, 4) is 5.75 Å². The van der Waals surface area contributed by atoms with E-state index >= 15 is 0 Å². The zero-order chi connectivity index (χ0) is 12.7. The van der Waals surface area contributed by atoms with Crippen molar-refractivity contribution in [3.63, 3.8) is 0 Å². The van der Waals surface area contributed by atoms with Crippen molar-refractivity contribution >= 4 is 11.5 Å². The summed E-state index contributed by atoms with van der Waals surface area (Å²) in [5.41, 5.74) is 6.45. The Labute approximate surface area is 101 Å². The van der Waals surface area contributed by atoms with Gasteiger partial charge in [0.2, 0.25) is 0 Å². The molecule has 1 aromatic rings. The van der Waals surface area contributed by atoms with Crippen LogP contribution in [0.1, 0.15) is 19.8 Å². The Balaban J connectivity index is 2.66. The van der Waals surface area contributed by atoms with Crippen LogP contribution in [0, 0.1) is 0 Å². The van der Waals surface area contributed by atoms with Crippen molar-refractivity contribution in [1.82, 2.24) is 0 Å². The van der Waals surface area contributed by atoms with Gasteiger partial charge in [0.05, 0.1) is 7.11 Å². The molecule has 0 saturated carbocycles. The average molecular weight is 237 g/mol. The molecule has 0 bridgehead atoms. The van der Waals surface area contributed by atoms with Gasteiger partial charge in [0.15, 0.2) is 0 Å². The summed E-state index contributed by atoms with van der Waals surface area (Å²) >= 11 is 0. The summed E-state index contributed by atoms with van der Waals surface area (Å²) in [7, 11) is 1.63. The minimum absolute atomic E-state index is 0.137. The maximum absolute atomic E-state index is 8.54. The highest BCUT2D eigenvalue weighted by molar-refractivity contribution is 5.80. The Bertz CT molecular complexity index is 380. The Morgan fingerprint density at radius 3 is 2.94 bits per heavy atom. The van der Waals surface area contributed by atoms with Crippen molar-refractivity contribution in [1.29, 1.82) is 0 Å².